The summed E-state index contributed by atoms with van der Waals surface area (Å²) >= 11 is 13.5. The first-order chi connectivity index (χ1) is 16.5. The molecule has 6 nitrogen and oxygen atoms in total. The van der Waals surface area contributed by atoms with E-state index in [1.807, 2.05) is 0 Å². The molecule has 4 rings (SSSR count). The number of amidine groups is 1. The van der Waals surface area contributed by atoms with Crippen LogP contribution in [0.25, 0.3) is 11.1 Å². The Kier molecular flexibility index (Phi) is 7.45. The minimum Gasteiger partial charge on any atom is -0.457 e. The molecule has 1 saturated heterocycles. The van der Waals surface area contributed by atoms with Gasteiger partial charge in [0, 0.05) is 17.7 Å². The van der Waals surface area contributed by atoms with Gasteiger partial charge in [-0.25, -0.2) is 22.5 Å². The number of thiophene rings is 1. The third-order valence-electron chi connectivity index (χ3n) is 5.65. The maximum atomic E-state index is 14.3. The molecule has 1 aliphatic rings. The molecule has 2 aromatic carbocycles. The zero-order valence-electron chi connectivity index (χ0n) is 18.8. The van der Waals surface area contributed by atoms with Crippen LogP contribution in [0.4, 0.5) is 4.39 Å². The number of hydrogen-bond donors (Lipinski definition) is 2. The second kappa shape index (κ2) is 10.1. The summed E-state index contributed by atoms with van der Waals surface area (Å²) in [5, 5.41) is 8.40. The van der Waals surface area contributed by atoms with Gasteiger partial charge in [0.25, 0.3) is 6.02 Å². The van der Waals surface area contributed by atoms with Gasteiger partial charge in [0.05, 0.1) is 10.4 Å². The van der Waals surface area contributed by atoms with Gasteiger partial charge in [0.15, 0.2) is 0 Å². The number of ether oxygens (including phenoxy) is 1. The van der Waals surface area contributed by atoms with Crippen LogP contribution in [-0.4, -0.2) is 31.8 Å². The monoisotopic (exact) mass is 556 g/mol. The molecule has 3 aromatic rings. The van der Waals surface area contributed by atoms with Gasteiger partial charge >= 0.3 is 0 Å². The fourth-order valence-corrected chi connectivity index (χ4v) is 7.46. The molecule has 2 unspecified atom stereocenters. The summed E-state index contributed by atoms with van der Waals surface area (Å²) in [7, 11) is -3.97. The number of aliphatic hydroxyl groups is 1. The van der Waals surface area contributed by atoms with Gasteiger partial charge in [-0.05, 0) is 43.5 Å². The second-order valence-electron chi connectivity index (χ2n) is 8.58. The van der Waals surface area contributed by atoms with Crippen molar-refractivity contribution in [1.82, 2.24) is 4.72 Å². The fourth-order valence-electron chi connectivity index (χ4n) is 4.18. The van der Waals surface area contributed by atoms with Crippen LogP contribution >= 0.6 is 34.5 Å². The van der Waals surface area contributed by atoms with Crippen molar-refractivity contribution in [3.63, 3.8) is 0 Å². The SMILES string of the molecule is CC1(C)OC(=NC(CCO)c2ccccc2F)NS(=O)(=O)C1c1ccc(-c2cc(Cl)sc2Cl)cc1. The van der Waals surface area contributed by atoms with Crippen LogP contribution in [0.15, 0.2) is 59.6 Å². The van der Waals surface area contributed by atoms with E-state index in [2.05, 4.69) is 9.71 Å². The number of aliphatic hydroxyl groups excluding tert-OH is 1. The van der Waals surface area contributed by atoms with Crippen molar-refractivity contribution < 1.29 is 22.7 Å². The topological polar surface area (TPSA) is 88.0 Å². The molecule has 2 N–H and O–H groups in total. The number of rotatable bonds is 6. The molecule has 1 aromatic heterocycles. The van der Waals surface area contributed by atoms with Crippen LogP contribution < -0.4 is 4.72 Å². The Balaban J connectivity index is 1.65. The van der Waals surface area contributed by atoms with Crippen molar-refractivity contribution in [2.24, 2.45) is 4.99 Å². The van der Waals surface area contributed by atoms with Crippen LogP contribution in [0.2, 0.25) is 8.67 Å². The summed E-state index contributed by atoms with van der Waals surface area (Å²) in [5.74, 6) is -0.502. The van der Waals surface area contributed by atoms with Crippen LogP contribution in [0.5, 0.6) is 0 Å². The summed E-state index contributed by atoms with van der Waals surface area (Å²) < 4.78 is 50.5. The van der Waals surface area contributed by atoms with E-state index in [0.717, 1.165) is 11.1 Å². The van der Waals surface area contributed by atoms with Crippen LogP contribution in [-0.2, 0) is 14.8 Å². The van der Waals surface area contributed by atoms with Crippen LogP contribution in [0.1, 0.15) is 42.7 Å². The number of hydrogen-bond acceptors (Lipinski definition) is 6. The number of halogens is 3. The Morgan fingerprint density at radius 3 is 2.46 bits per heavy atom. The molecule has 1 aliphatic heterocycles. The molecule has 2 atom stereocenters. The minimum atomic E-state index is -3.97. The molecule has 2 heterocycles. The molecule has 0 aliphatic carbocycles. The lowest BCUT2D eigenvalue weighted by molar-refractivity contribution is 0.0758. The van der Waals surface area contributed by atoms with Crippen LogP contribution in [0, 0.1) is 5.82 Å². The molecule has 0 saturated carbocycles. The van der Waals surface area contributed by atoms with Gasteiger partial charge in [-0.2, -0.15) is 0 Å². The lowest BCUT2D eigenvalue weighted by Crippen LogP contribution is -2.53. The lowest BCUT2D eigenvalue weighted by Gasteiger charge is -2.39. The molecule has 0 spiro atoms. The highest BCUT2D eigenvalue weighted by Crippen LogP contribution is 2.42. The number of sulfonamides is 1. The number of nitrogens with one attached hydrogen (secondary N) is 1. The lowest BCUT2D eigenvalue weighted by atomic mass is 9.96. The Morgan fingerprint density at radius 2 is 1.89 bits per heavy atom. The minimum absolute atomic E-state index is 0.0933. The zero-order chi connectivity index (χ0) is 25.4. The summed E-state index contributed by atoms with van der Waals surface area (Å²) in [6, 6.07) is 13.7. The highest BCUT2D eigenvalue weighted by molar-refractivity contribution is 7.90. The van der Waals surface area contributed by atoms with Gasteiger partial charge in [0.1, 0.15) is 21.0 Å². The Morgan fingerprint density at radius 1 is 1.20 bits per heavy atom. The van der Waals surface area contributed by atoms with E-state index < -0.39 is 32.7 Å². The predicted octanol–water partition coefficient (Wildman–Crippen LogP) is 6.11. The maximum absolute atomic E-state index is 14.3. The average Bonchev–Trinajstić information content (AvgIpc) is 3.10. The molecule has 0 bridgehead atoms. The standard InChI is InChI=1S/C24H23Cl2FN2O4S2/c1-24(2)21(15-9-7-14(8-10-15)17-13-20(25)34-22(17)26)35(31,32)29-23(33-24)28-19(11-12-30)16-5-3-4-6-18(16)27/h3-10,13,19,21,30H,11-12H2,1-2H3,(H,28,29). The quantitative estimate of drug-likeness (QED) is 0.383. The number of nitrogens with zero attached hydrogens (tertiary/aromatic N) is 1. The zero-order valence-corrected chi connectivity index (χ0v) is 22.0. The van der Waals surface area contributed by atoms with Gasteiger partial charge in [-0.3, -0.25) is 0 Å². The smallest absolute Gasteiger partial charge is 0.299 e. The molecule has 1 fully saturated rings. The Bertz CT molecular complexity index is 1360. The van der Waals surface area contributed by atoms with Crippen LogP contribution in [0.3, 0.4) is 0 Å². The Hall–Kier alpha value is -2.17. The predicted molar refractivity (Wildman–Crippen MR) is 138 cm³/mol. The molecular formula is C24H23Cl2FN2O4S2. The molecule has 35 heavy (non-hydrogen) atoms. The van der Waals surface area contributed by atoms with E-state index in [9.17, 15) is 17.9 Å². The Labute approximate surface area is 217 Å². The second-order valence-corrected chi connectivity index (χ2v) is 12.6. The van der Waals surface area contributed by atoms with Crippen molar-refractivity contribution in [2.45, 2.75) is 37.2 Å². The summed E-state index contributed by atoms with van der Waals surface area (Å²) in [6.07, 6.45) is 0.0933. The first-order valence-corrected chi connectivity index (χ1v) is 13.8. The number of benzene rings is 2. The largest absolute Gasteiger partial charge is 0.457 e. The number of aliphatic imine (C=N–C) groups is 1. The average molecular weight is 557 g/mol. The maximum Gasteiger partial charge on any atom is 0.299 e. The van der Waals surface area contributed by atoms with Gasteiger partial charge < -0.3 is 9.84 Å². The highest BCUT2D eigenvalue weighted by Gasteiger charge is 2.48. The summed E-state index contributed by atoms with van der Waals surface area (Å²) in [5.41, 5.74) is 1.13. The van der Waals surface area contributed by atoms with Gasteiger partial charge in [-0.1, -0.05) is 65.7 Å². The van der Waals surface area contributed by atoms with E-state index in [1.165, 1.54) is 17.4 Å². The molecule has 0 amide bonds. The van der Waals surface area contributed by atoms with E-state index in [4.69, 9.17) is 27.9 Å². The van der Waals surface area contributed by atoms with E-state index in [0.29, 0.717) is 14.2 Å². The first-order valence-electron chi connectivity index (χ1n) is 10.7. The van der Waals surface area contributed by atoms with Crippen molar-refractivity contribution in [1.29, 1.82) is 0 Å². The van der Waals surface area contributed by atoms with Gasteiger partial charge in [-0.15, -0.1) is 11.3 Å². The van der Waals surface area contributed by atoms with Crippen molar-refractivity contribution >= 4 is 50.6 Å². The summed E-state index contributed by atoms with van der Waals surface area (Å²) in [6.45, 7) is 3.04. The van der Waals surface area contributed by atoms with E-state index in [1.54, 1.807) is 62.4 Å². The van der Waals surface area contributed by atoms with Crippen molar-refractivity contribution in [2.75, 3.05) is 6.61 Å². The molecule has 11 heteroatoms. The highest BCUT2D eigenvalue weighted by atomic mass is 35.5. The van der Waals surface area contributed by atoms with Gasteiger partial charge in [0.2, 0.25) is 10.0 Å². The molecule has 0 radical (unpaired) electrons. The van der Waals surface area contributed by atoms with E-state index in [-0.39, 0.29) is 24.6 Å². The normalized spacial score (nSPS) is 20.7. The third-order valence-corrected chi connectivity index (χ3v) is 9.06. The first kappa shape index (κ1) is 25.9. The fraction of sp³-hybridized carbons (Fsp3) is 0.292. The summed E-state index contributed by atoms with van der Waals surface area (Å²) in [4.78, 5) is 4.32. The molecular weight excluding hydrogens is 534 g/mol. The van der Waals surface area contributed by atoms with E-state index >= 15 is 0 Å². The third kappa shape index (κ3) is 5.49. The molecule has 186 valence electrons. The van der Waals surface area contributed by atoms with Crippen molar-refractivity contribution in [3.05, 3.63) is 80.2 Å². The van der Waals surface area contributed by atoms with Crippen molar-refractivity contribution in [3.8, 4) is 11.1 Å².